The van der Waals surface area contributed by atoms with E-state index in [9.17, 15) is 9.90 Å². The molecular weight excluding hydrogens is 360 g/mol. The number of rotatable bonds is 9. The van der Waals surface area contributed by atoms with E-state index in [0.717, 1.165) is 0 Å². The molecule has 0 atom stereocenters. The van der Waals surface area contributed by atoms with Gasteiger partial charge in [-0.25, -0.2) is 5.43 Å². The lowest BCUT2D eigenvalue weighted by Crippen LogP contribution is -2.20. The minimum absolute atomic E-state index is 0.0938. The molecule has 2 N–H and O–H groups in total. The molecule has 0 saturated carbocycles. The smallest absolute Gasteiger partial charge is 0.271 e. The summed E-state index contributed by atoms with van der Waals surface area (Å²) in [6.07, 6.45) is 0. The van der Waals surface area contributed by atoms with Gasteiger partial charge in [-0.2, -0.15) is 5.10 Å². The molecule has 1 amide bonds. The third-order valence-electron chi connectivity index (χ3n) is 3.79. The number of aromatic hydroxyl groups is 1. The molecule has 0 bridgehead atoms. The van der Waals surface area contributed by atoms with E-state index in [1.165, 1.54) is 0 Å². The molecule has 0 fully saturated rings. The number of hydrogen-bond donors (Lipinski definition) is 2. The Morgan fingerprint density at radius 3 is 2.11 bits per heavy atom. The summed E-state index contributed by atoms with van der Waals surface area (Å²) in [4.78, 5) is 12.6. The van der Waals surface area contributed by atoms with Crippen LogP contribution in [0.2, 0.25) is 0 Å². The standard InChI is InChI=1S/C21H26N2O5/c1-5-26-18-12-15(13-19(27-6-2)20(18)28-7-3)21(25)23-22-14(4)16-10-8-9-11-17(16)24/h8-13,24H,5-7H2,1-4H3,(H,23,25)/b22-14+. The van der Waals surface area contributed by atoms with Crippen LogP contribution in [-0.4, -0.2) is 36.5 Å². The predicted octanol–water partition coefficient (Wildman–Crippen LogP) is 3.74. The molecule has 0 spiro atoms. The van der Waals surface area contributed by atoms with Crippen molar-refractivity contribution < 1.29 is 24.1 Å². The van der Waals surface area contributed by atoms with Crippen molar-refractivity contribution in [2.45, 2.75) is 27.7 Å². The Hall–Kier alpha value is -3.22. The fraction of sp³-hybridized carbons (Fsp3) is 0.333. The maximum absolute atomic E-state index is 12.6. The number of phenolic OH excluding ortho intramolecular Hbond substituents is 1. The number of hydrazone groups is 1. The van der Waals surface area contributed by atoms with Crippen LogP contribution in [0, 0.1) is 0 Å². The van der Waals surface area contributed by atoms with Gasteiger partial charge in [0.25, 0.3) is 5.91 Å². The van der Waals surface area contributed by atoms with Gasteiger partial charge >= 0.3 is 0 Å². The van der Waals surface area contributed by atoms with E-state index in [0.29, 0.717) is 53.9 Å². The van der Waals surface area contributed by atoms with E-state index in [2.05, 4.69) is 10.5 Å². The van der Waals surface area contributed by atoms with Gasteiger partial charge in [-0.3, -0.25) is 4.79 Å². The summed E-state index contributed by atoms with van der Waals surface area (Å²) in [6.45, 7) is 8.54. The molecular formula is C21H26N2O5. The second kappa shape index (κ2) is 10.2. The average Bonchev–Trinajstić information content (AvgIpc) is 2.68. The van der Waals surface area contributed by atoms with Crippen LogP contribution in [0.15, 0.2) is 41.5 Å². The third-order valence-corrected chi connectivity index (χ3v) is 3.79. The first-order valence-electron chi connectivity index (χ1n) is 9.21. The van der Waals surface area contributed by atoms with Crippen molar-refractivity contribution in [3.05, 3.63) is 47.5 Å². The number of carbonyl (C=O) groups is 1. The zero-order chi connectivity index (χ0) is 20.5. The number of phenols is 1. The molecule has 7 heteroatoms. The first-order chi connectivity index (χ1) is 13.5. The summed E-state index contributed by atoms with van der Waals surface area (Å²) in [6, 6.07) is 9.97. The van der Waals surface area contributed by atoms with Crippen LogP contribution in [0.3, 0.4) is 0 Å². The molecule has 0 saturated heterocycles. The summed E-state index contributed by atoms with van der Waals surface area (Å²) in [5.41, 5.74) is 3.84. The van der Waals surface area contributed by atoms with Gasteiger partial charge in [0.05, 0.1) is 25.5 Å². The van der Waals surface area contributed by atoms with Crippen LogP contribution >= 0.6 is 0 Å². The van der Waals surface area contributed by atoms with E-state index in [4.69, 9.17) is 14.2 Å². The number of hydrogen-bond acceptors (Lipinski definition) is 6. The van der Waals surface area contributed by atoms with Gasteiger partial charge in [-0.1, -0.05) is 12.1 Å². The van der Waals surface area contributed by atoms with Crippen LogP contribution in [0.1, 0.15) is 43.6 Å². The van der Waals surface area contributed by atoms with Crippen molar-refractivity contribution in [2.75, 3.05) is 19.8 Å². The van der Waals surface area contributed by atoms with E-state index >= 15 is 0 Å². The lowest BCUT2D eigenvalue weighted by atomic mass is 10.1. The first kappa shape index (κ1) is 21.1. The van der Waals surface area contributed by atoms with Gasteiger partial charge in [-0.05, 0) is 52.0 Å². The summed E-state index contributed by atoms with van der Waals surface area (Å²) in [7, 11) is 0. The summed E-state index contributed by atoms with van der Waals surface area (Å²) >= 11 is 0. The number of amides is 1. The number of nitrogens with one attached hydrogen (secondary N) is 1. The van der Waals surface area contributed by atoms with Crippen molar-refractivity contribution in [1.29, 1.82) is 0 Å². The molecule has 2 aromatic rings. The van der Waals surface area contributed by atoms with Crippen molar-refractivity contribution in [1.82, 2.24) is 5.43 Å². The molecule has 7 nitrogen and oxygen atoms in total. The Balaban J connectivity index is 2.31. The lowest BCUT2D eigenvalue weighted by Gasteiger charge is -2.16. The van der Waals surface area contributed by atoms with E-state index < -0.39 is 5.91 Å². The fourth-order valence-corrected chi connectivity index (χ4v) is 2.56. The second-order valence-corrected chi connectivity index (χ2v) is 5.76. The maximum atomic E-state index is 12.6. The molecule has 0 aromatic heterocycles. The zero-order valence-corrected chi connectivity index (χ0v) is 16.6. The van der Waals surface area contributed by atoms with Gasteiger partial charge in [0, 0.05) is 11.1 Å². The number of benzene rings is 2. The molecule has 0 aliphatic carbocycles. The summed E-state index contributed by atoms with van der Waals surface area (Å²) in [5.74, 6) is 0.997. The monoisotopic (exact) mass is 386 g/mol. The van der Waals surface area contributed by atoms with Gasteiger partial charge in [-0.15, -0.1) is 0 Å². The minimum atomic E-state index is -0.431. The molecule has 2 aromatic carbocycles. The lowest BCUT2D eigenvalue weighted by molar-refractivity contribution is 0.0953. The van der Waals surface area contributed by atoms with E-state index in [-0.39, 0.29) is 5.75 Å². The normalized spacial score (nSPS) is 11.1. The Morgan fingerprint density at radius 1 is 1.00 bits per heavy atom. The minimum Gasteiger partial charge on any atom is -0.507 e. The van der Waals surface area contributed by atoms with Crippen LogP contribution in [-0.2, 0) is 0 Å². The first-order valence-corrected chi connectivity index (χ1v) is 9.21. The Bertz CT molecular complexity index is 821. The Morgan fingerprint density at radius 2 is 1.57 bits per heavy atom. The average molecular weight is 386 g/mol. The van der Waals surface area contributed by atoms with E-state index in [1.807, 2.05) is 20.8 Å². The largest absolute Gasteiger partial charge is 0.507 e. The molecule has 0 unspecified atom stereocenters. The predicted molar refractivity (Wildman–Crippen MR) is 108 cm³/mol. The highest BCUT2D eigenvalue weighted by molar-refractivity contribution is 6.02. The van der Waals surface area contributed by atoms with Gasteiger partial charge in [0.2, 0.25) is 5.75 Å². The highest BCUT2D eigenvalue weighted by atomic mass is 16.5. The van der Waals surface area contributed by atoms with Crippen LogP contribution in [0.5, 0.6) is 23.0 Å². The molecule has 0 radical (unpaired) electrons. The molecule has 0 aliphatic heterocycles. The van der Waals surface area contributed by atoms with Gasteiger partial charge in [0.15, 0.2) is 11.5 Å². The molecule has 2 rings (SSSR count). The fourth-order valence-electron chi connectivity index (χ4n) is 2.56. The highest BCUT2D eigenvalue weighted by Crippen LogP contribution is 2.39. The van der Waals surface area contributed by atoms with Crippen molar-refractivity contribution in [2.24, 2.45) is 5.10 Å². The van der Waals surface area contributed by atoms with Gasteiger partial charge < -0.3 is 19.3 Å². The quantitative estimate of drug-likeness (QED) is 0.506. The number of carbonyl (C=O) groups excluding carboxylic acids is 1. The second-order valence-electron chi connectivity index (χ2n) is 5.76. The van der Waals surface area contributed by atoms with Gasteiger partial charge in [0.1, 0.15) is 5.75 Å². The van der Waals surface area contributed by atoms with Crippen molar-refractivity contribution >= 4 is 11.6 Å². The Labute approximate surface area is 164 Å². The van der Waals surface area contributed by atoms with Crippen molar-refractivity contribution in [3.8, 4) is 23.0 Å². The maximum Gasteiger partial charge on any atom is 0.271 e. The van der Waals surface area contributed by atoms with E-state index in [1.54, 1.807) is 43.3 Å². The number of ether oxygens (including phenoxy) is 3. The highest BCUT2D eigenvalue weighted by Gasteiger charge is 2.18. The van der Waals surface area contributed by atoms with Crippen LogP contribution in [0.4, 0.5) is 0 Å². The third kappa shape index (κ3) is 5.16. The SMILES string of the molecule is CCOc1cc(C(=O)N/N=C(\C)c2ccccc2O)cc(OCC)c1OCC. The summed E-state index contributed by atoms with van der Waals surface area (Å²) in [5, 5.41) is 14.0. The molecule has 0 heterocycles. The Kier molecular flexibility index (Phi) is 7.68. The van der Waals surface area contributed by atoms with Crippen LogP contribution in [0.25, 0.3) is 0 Å². The van der Waals surface area contributed by atoms with Crippen LogP contribution < -0.4 is 19.6 Å². The summed E-state index contributed by atoms with van der Waals surface area (Å²) < 4.78 is 16.9. The number of para-hydroxylation sites is 1. The number of nitrogens with zero attached hydrogens (tertiary/aromatic N) is 1. The molecule has 0 aliphatic rings. The van der Waals surface area contributed by atoms with Crippen molar-refractivity contribution in [3.63, 3.8) is 0 Å². The zero-order valence-electron chi connectivity index (χ0n) is 16.6. The topological polar surface area (TPSA) is 89.4 Å². The molecule has 28 heavy (non-hydrogen) atoms. The molecule has 150 valence electrons.